The summed E-state index contributed by atoms with van der Waals surface area (Å²) in [7, 11) is 1.49. The molecule has 0 fully saturated rings. The zero-order valence-electron chi connectivity index (χ0n) is 16.4. The van der Waals surface area contributed by atoms with E-state index in [9.17, 15) is 9.59 Å². The van der Waals surface area contributed by atoms with Crippen LogP contribution in [0.2, 0.25) is 0 Å². The molecule has 0 aromatic heterocycles. The number of esters is 1. The number of methoxy groups -OCH3 is 1. The quantitative estimate of drug-likeness (QED) is 0.701. The number of para-hydroxylation sites is 1. The van der Waals surface area contributed by atoms with Gasteiger partial charge in [-0.05, 0) is 25.1 Å². The number of nitrogens with zero attached hydrogens (tertiary/aromatic N) is 1. The Hall–Kier alpha value is -3.81. The number of rotatable bonds is 7. The predicted molar refractivity (Wildman–Crippen MR) is 107 cm³/mol. The molecule has 1 N–H and O–H groups in total. The van der Waals surface area contributed by atoms with E-state index < -0.39 is 24.6 Å². The molecule has 0 bridgehead atoms. The van der Waals surface area contributed by atoms with Crippen molar-refractivity contribution in [3.8, 4) is 17.2 Å². The lowest BCUT2D eigenvalue weighted by atomic mass is 9.98. The number of ether oxygens (including phenoxy) is 4. The van der Waals surface area contributed by atoms with Crippen molar-refractivity contribution in [3.05, 3.63) is 59.4 Å². The smallest absolute Gasteiger partial charge is 0.357 e. The van der Waals surface area contributed by atoms with Crippen molar-refractivity contribution in [3.63, 3.8) is 0 Å². The second kappa shape index (κ2) is 7.90. The van der Waals surface area contributed by atoms with Crippen LogP contribution in [0.1, 0.15) is 24.1 Å². The number of carboxylic acids is 1. The predicted octanol–water partition coefficient (Wildman–Crippen LogP) is 3.02. The van der Waals surface area contributed by atoms with E-state index in [4.69, 9.17) is 24.1 Å². The number of aliphatic carboxylic acids is 1. The molecule has 4 rings (SSSR count). The molecule has 8 heteroatoms. The van der Waals surface area contributed by atoms with Crippen molar-refractivity contribution >= 4 is 23.2 Å². The summed E-state index contributed by atoms with van der Waals surface area (Å²) < 4.78 is 22.0. The van der Waals surface area contributed by atoms with E-state index >= 15 is 0 Å². The first-order chi connectivity index (χ1) is 14.5. The highest BCUT2D eigenvalue weighted by molar-refractivity contribution is 6.55. The number of carbonyl (C=O) groups is 2. The van der Waals surface area contributed by atoms with E-state index in [2.05, 4.69) is 4.99 Å². The van der Waals surface area contributed by atoms with Crippen molar-refractivity contribution in [2.24, 2.45) is 4.99 Å². The Labute approximate surface area is 172 Å². The van der Waals surface area contributed by atoms with Gasteiger partial charge < -0.3 is 24.1 Å². The fourth-order valence-electron chi connectivity index (χ4n) is 3.45. The van der Waals surface area contributed by atoms with E-state index in [0.29, 0.717) is 28.4 Å². The summed E-state index contributed by atoms with van der Waals surface area (Å²) in [5.41, 5.74) is 1.83. The molecule has 0 saturated carbocycles. The maximum Gasteiger partial charge on any atom is 0.357 e. The molecule has 2 heterocycles. The molecule has 2 aromatic carbocycles. The average molecular weight is 409 g/mol. The molecule has 8 nitrogen and oxygen atoms in total. The Morgan fingerprint density at radius 1 is 1.20 bits per heavy atom. The minimum Gasteiger partial charge on any atom is -0.497 e. The SMILES string of the molecule is CCOC(=O)C1=NC2C(=C1c1ccc(OC)cc1OCC(=O)O)Oc1ccccc12. The summed E-state index contributed by atoms with van der Waals surface area (Å²) in [4.78, 5) is 28.3. The van der Waals surface area contributed by atoms with Gasteiger partial charge in [-0.15, -0.1) is 0 Å². The summed E-state index contributed by atoms with van der Waals surface area (Å²) in [6, 6.07) is 11.9. The van der Waals surface area contributed by atoms with Gasteiger partial charge in [-0.1, -0.05) is 18.2 Å². The van der Waals surface area contributed by atoms with Crippen LogP contribution in [0, 0.1) is 0 Å². The first-order valence-electron chi connectivity index (χ1n) is 9.32. The molecule has 30 heavy (non-hydrogen) atoms. The fourth-order valence-corrected chi connectivity index (χ4v) is 3.45. The second-order valence-electron chi connectivity index (χ2n) is 6.52. The molecular weight excluding hydrogens is 390 g/mol. The van der Waals surface area contributed by atoms with E-state index in [1.54, 1.807) is 25.1 Å². The number of benzene rings is 2. The Kier molecular flexibility index (Phi) is 5.14. The van der Waals surface area contributed by atoms with Crippen LogP contribution < -0.4 is 14.2 Å². The number of aliphatic imine (C=N–C) groups is 1. The molecule has 0 amide bonds. The van der Waals surface area contributed by atoms with Gasteiger partial charge in [0.1, 0.15) is 29.0 Å². The zero-order valence-corrected chi connectivity index (χ0v) is 16.4. The van der Waals surface area contributed by atoms with Gasteiger partial charge in [-0.2, -0.15) is 0 Å². The van der Waals surface area contributed by atoms with Crippen molar-refractivity contribution in [2.75, 3.05) is 20.3 Å². The zero-order chi connectivity index (χ0) is 21.3. The standard InChI is InChI=1S/C22H19NO7/c1-3-28-22(26)20-18(21-19(23-20)14-6-4-5-7-15(14)30-21)13-9-8-12(27-2)10-16(13)29-11-17(24)25/h4-10,19H,3,11H2,1-2H3,(H,24,25). The minimum atomic E-state index is -1.13. The van der Waals surface area contributed by atoms with Crippen LogP contribution in [0.15, 0.2) is 53.2 Å². The first kappa shape index (κ1) is 19.5. The third-order valence-electron chi connectivity index (χ3n) is 4.70. The molecule has 0 radical (unpaired) electrons. The number of fused-ring (bicyclic) bond motifs is 3. The van der Waals surface area contributed by atoms with Crippen molar-refractivity contribution in [2.45, 2.75) is 13.0 Å². The van der Waals surface area contributed by atoms with Gasteiger partial charge in [0.15, 0.2) is 12.3 Å². The summed E-state index contributed by atoms with van der Waals surface area (Å²) in [5.74, 6) is 0.124. The van der Waals surface area contributed by atoms with Gasteiger partial charge in [0.25, 0.3) is 0 Å². The van der Waals surface area contributed by atoms with E-state index in [0.717, 1.165) is 5.56 Å². The van der Waals surface area contributed by atoms with Gasteiger partial charge in [0.2, 0.25) is 0 Å². The minimum absolute atomic E-state index is 0.108. The van der Waals surface area contributed by atoms with Crippen LogP contribution in [0.4, 0.5) is 0 Å². The maximum absolute atomic E-state index is 12.7. The van der Waals surface area contributed by atoms with Crippen LogP contribution in [0.5, 0.6) is 17.2 Å². The highest BCUT2D eigenvalue weighted by atomic mass is 16.5. The molecule has 0 aliphatic carbocycles. The lowest BCUT2D eigenvalue weighted by molar-refractivity contribution is -0.139. The highest BCUT2D eigenvalue weighted by Gasteiger charge is 2.42. The maximum atomic E-state index is 12.7. The summed E-state index contributed by atoms with van der Waals surface area (Å²) >= 11 is 0. The van der Waals surface area contributed by atoms with Crippen LogP contribution in [0.25, 0.3) is 5.57 Å². The topological polar surface area (TPSA) is 104 Å². The molecule has 0 saturated heterocycles. The van der Waals surface area contributed by atoms with Crippen molar-refractivity contribution < 1.29 is 33.6 Å². The third-order valence-corrected chi connectivity index (χ3v) is 4.70. The Bertz CT molecular complexity index is 1090. The molecule has 2 aromatic rings. The van der Waals surface area contributed by atoms with Crippen molar-refractivity contribution in [1.29, 1.82) is 0 Å². The van der Waals surface area contributed by atoms with Gasteiger partial charge in [0.05, 0.1) is 19.3 Å². The van der Waals surface area contributed by atoms with E-state index in [1.165, 1.54) is 7.11 Å². The van der Waals surface area contributed by atoms with Crippen LogP contribution in [0.3, 0.4) is 0 Å². The molecule has 2 aliphatic rings. The Balaban J connectivity index is 1.87. The van der Waals surface area contributed by atoms with Crippen LogP contribution >= 0.6 is 0 Å². The molecule has 1 atom stereocenters. The number of carbonyl (C=O) groups excluding carboxylic acids is 1. The van der Waals surface area contributed by atoms with E-state index in [1.807, 2.05) is 24.3 Å². The Morgan fingerprint density at radius 3 is 2.73 bits per heavy atom. The summed E-state index contributed by atoms with van der Waals surface area (Å²) in [6.45, 7) is 1.34. The lowest BCUT2D eigenvalue weighted by Crippen LogP contribution is -2.19. The van der Waals surface area contributed by atoms with Gasteiger partial charge in [-0.3, -0.25) is 4.99 Å². The molecule has 0 spiro atoms. The molecule has 1 unspecified atom stereocenters. The van der Waals surface area contributed by atoms with Crippen LogP contribution in [-0.4, -0.2) is 43.1 Å². The highest BCUT2D eigenvalue weighted by Crippen LogP contribution is 2.50. The molecule has 154 valence electrons. The van der Waals surface area contributed by atoms with Gasteiger partial charge in [0, 0.05) is 17.2 Å². The molecular formula is C22H19NO7. The second-order valence-corrected chi connectivity index (χ2v) is 6.52. The Morgan fingerprint density at radius 2 is 2.00 bits per heavy atom. The summed E-state index contributed by atoms with van der Waals surface area (Å²) in [5, 5.41) is 9.05. The largest absolute Gasteiger partial charge is 0.497 e. The summed E-state index contributed by atoms with van der Waals surface area (Å²) in [6.07, 6.45) is 0. The van der Waals surface area contributed by atoms with Gasteiger partial charge in [-0.25, -0.2) is 9.59 Å². The van der Waals surface area contributed by atoms with E-state index in [-0.39, 0.29) is 18.1 Å². The monoisotopic (exact) mass is 409 g/mol. The number of hydrogen-bond donors (Lipinski definition) is 1. The van der Waals surface area contributed by atoms with Crippen molar-refractivity contribution in [1.82, 2.24) is 0 Å². The lowest BCUT2D eigenvalue weighted by Gasteiger charge is -2.15. The molecule has 2 aliphatic heterocycles. The van der Waals surface area contributed by atoms with Crippen LogP contribution in [-0.2, 0) is 14.3 Å². The third kappa shape index (κ3) is 3.36. The average Bonchev–Trinajstić information content (AvgIpc) is 3.28. The first-order valence-corrected chi connectivity index (χ1v) is 9.32. The van der Waals surface area contributed by atoms with Gasteiger partial charge >= 0.3 is 11.9 Å². The fraction of sp³-hybridized carbons (Fsp3) is 0.227. The number of carboxylic acid groups (broad SMARTS) is 1. The number of hydrogen-bond acceptors (Lipinski definition) is 7. The normalized spacial score (nSPS) is 16.3.